The van der Waals surface area contributed by atoms with Crippen molar-refractivity contribution < 1.29 is 18.0 Å². The van der Waals surface area contributed by atoms with Crippen molar-refractivity contribution in [1.82, 2.24) is 9.62 Å². The quantitative estimate of drug-likeness (QED) is 0.659. The van der Waals surface area contributed by atoms with E-state index in [0.29, 0.717) is 24.4 Å². The number of carbonyl (C=O) groups excluding carboxylic acids is 2. The van der Waals surface area contributed by atoms with Crippen molar-refractivity contribution in [3.8, 4) is 0 Å². The van der Waals surface area contributed by atoms with Crippen LogP contribution in [0, 0.1) is 5.92 Å². The average Bonchev–Trinajstić information content (AvgIpc) is 2.78. The Balaban J connectivity index is 1.57. The van der Waals surface area contributed by atoms with Gasteiger partial charge in [0.1, 0.15) is 0 Å². The van der Waals surface area contributed by atoms with Crippen LogP contribution >= 0.6 is 11.6 Å². The molecule has 0 spiro atoms. The molecule has 2 aromatic carbocycles. The van der Waals surface area contributed by atoms with Crippen molar-refractivity contribution in [2.75, 3.05) is 25.0 Å². The normalized spacial score (nSPS) is 17.2. The molecular formula is C22H26ClN3O4S. The highest BCUT2D eigenvalue weighted by Gasteiger charge is 2.33. The Morgan fingerprint density at radius 1 is 1.13 bits per heavy atom. The molecule has 0 saturated carbocycles. The average molecular weight is 464 g/mol. The summed E-state index contributed by atoms with van der Waals surface area (Å²) in [4.78, 5) is 25.0. The predicted octanol–water partition coefficient (Wildman–Crippen LogP) is 3.06. The number of hydrogen-bond donors (Lipinski definition) is 2. The minimum atomic E-state index is -3.71. The highest BCUT2D eigenvalue weighted by Crippen LogP contribution is 2.25. The maximum absolute atomic E-state index is 12.9. The van der Waals surface area contributed by atoms with E-state index in [4.69, 9.17) is 11.6 Å². The lowest BCUT2D eigenvalue weighted by atomic mass is 9.99. The molecule has 1 aliphatic rings. The second-order valence-electron chi connectivity index (χ2n) is 7.43. The molecule has 7 nitrogen and oxygen atoms in total. The van der Waals surface area contributed by atoms with E-state index in [0.717, 1.165) is 17.7 Å². The van der Waals surface area contributed by atoms with E-state index in [2.05, 4.69) is 10.6 Å². The second kappa shape index (κ2) is 10.3. The molecule has 0 aliphatic carbocycles. The van der Waals surface area contributed by atoms with Crippen LogP contribution in [-0.4, -0.2) is 44.2 Å². The molecule has 1 atom stereocenters. The predicted molar refractivity (Wildman–Crippen MR) is 120 cm³/mol. The summed E-state index contributed by atoms with van der Waals surface area (Å²) in [5.74, 6) is -1.16. The van der Waals surface area contributed by atoms with Gasteiger partial charge in [-0.1, -0.05) is 36.7 Å². The SMILES string of the molecule is CCc1ccccc1NC(=O)CNC(=O)C1CCCN(S(=O)(=O)c2ccc(Cl)cc2)C1. The molecule has 9 heteroatoms. The van der Waals surface area contributed by atoms with Crippen LogP contribution in [0.25, 0.3) is 0 Å². The van der Waals surface area contributed by atoms with Crippen LogP contribution in [0.2, 0.25) is 5.02 Å². The van der Waals surface area contributed by atoms with Gasteiger partial charge in [-0.2, -0.15) is 4.31 Å². The highest BCUT2D eigenvalue weighted by molar-refractivity contribution is 7.89. The van der Waals surface area contributed by atoms with Gasteiger partial charge < -0.3 is 10.6 Å². The standard InChI is InChI=1S/C22H26ClN3O4S/c1-2-16-6-3-4-8-20(16)25-21(27)14-24-22(28)17-7-5-13-26(15-17)31(29,30)19-11-9-18(23)10-12-19/h3-4,6,8-12,17H,2,5,7,13-15H2,1H3,(H,24,28)(H,25,27). The summed E-state index contributed by atoms with van der Waals surface area (Å²) >= 11 is 5.85. The fraction of sp³-hybridized carbons (Fsp3) is 0.364. The Bertz CT molecular complexity index is 1040. The van der Waals surface area contributed by atoms with E-state index in [1.807, 2.05) is 31.2 Å². The Morgan fingerprint density at radius 3 is 2.55 bits per heavy atom. The van der Waals surface area contributed by atoms with E-state index in [-0.39, 0.29) is 29.8 Å². The van der Waals surface area contributed by atoms with Crippen LogP contribution in [0.15, 0.2) is 53.4 Å². The molecular weight excluding hydrogens is 438 g/mol. The first kappa shape index (κ1) is 23.2. The smallest absolute Gasteiger partial charge is 0.243 e. The third-order valence-corrected chi connectivity index (χ3v) is 7.43. The summed E-state index contributed by atoms with van der Waals surface area (Å²) in [5.41, 5.74) is 1.74. The molecule has 31 heavy (non-hydrogen) atoms. The molecule has 0 radical (unpaired) electrons. The molecule has 0 aromatic heterocycles. The van der Waals surface area contributed by atoms with Crippen molar-refractivity contribution in [3.63, 3.8) is 0 Å². The van der Waals surface area contributed by atoms with Crippen LogP contribution in [0.5, 0.6) is 0 Å². The molecule has 2 N–H and O–H groups in total. The summed E-state index contributed by atoms with van der Waals surface area (Å²) in [6, 6.07) is 13.5. The van der Waals surface area contributed by atoms with E-state index >= 15 is 0 Å². The zero-order valence-electron chi connectivity index (χ0n) is 17.3. The molecule has 3 rings (SSSR count). The number of para-hydroxylation sites is 1. The van der Waals surface area contributed by atoms with E-state index in [9.17, 15) is 18.0 Å². The number of aryl methyl sites for hydroxylation is 1. The maximum atomic E-state index is 12.9. The van der Waals surface area contributed by atoms with Gasteiger partial charge in [0.15, 0.2) is 0 Å². The van der Waals surface area contributed by atoms with Gasteiger partial charge in [-0.05, 0) is 55.2 Å². The number of benzene rings is 2. The summed E-state index contributed by atoms with van der Waals surface area (Å²) in [6.45, 7) is 2.26. The number of nitrogens with zero attached hydrogens (tertiary/aromatic N) is 1. The molecule has 2 aromatic rings. The summed E-state index contributed by atoms with van der Waals surface area (Å²) in [7, 11) is -3.71. The number of piperidine rings is 1. The second-order valence-corrected chi connectivity index (χ2v) is 9.81. The van der Waals surface area contributed by atoms with Gasteiger partial charge in [0.25, 0.3) is 0 Å². The maximum Gasteiger partial charge on any atom is 0.243 e. The van der Waals surface area contributed by atoms with E-state index in [1.165, 1.54) is 28.6 Å². The number of sulfonamides is 1. The molecule has 1 heterocycles. The third kappa shape index (κ3) is 5.84. The first-order chi connectivity index (χ1) is 14.8. The van der Waals surface area contributed by atoms with Gasteiger partial charge in [-0.3, -0.25) is 9.59 Å². The summed E-state index contributed by atoms with van der Waals surface area (Å²) < 4.78 is 27.1. The van der Waals surface area contributed by atoms with Crippen LogP contribution in [0.3, 0.4) is 0 Å². The van der Waals surface area contributed by atoms with Crippen LogP contribution in [-0.2, 0) is 26.0 Å². The number of halogens is 1. The highest BCUT2D eigenvalue weighted by atomic mass is 35.5. The molecule has 2 amide bonds. The van der Waals surface area contributed by atoms with Gasteiger partial charge in [0, 0.05) is 23.8 Å². The van der Waals surface area contributed by atoms with Crippen molar-refractivity contribution in [1.29, 1.82) is 0 Å². The number of rotatable bonds is 7. The lowest BCUT2D eigenvalue weighted by Crippen LogP contribution is -2.46. The number of nitrogens with one attached hydrogen (secondary N) is 2. The van der Waals surface area contributed by atoms with Gasteiger partial charge in [0.05, 0.1) is 17.4 Å². The van der Waals surface area contributed by atoms with Gasteiger partial charge in [-0.25, -0.2) is 8.42 Å². The molecule has 166 valence electrons. The summed E-state index contributed by atoms with van der Waals surface area (Å²) in [5, 5.41) is 5.90. The molecule has 0 bridgehead atoms. The molecule has 1 saturated heterocycles. The monoisotopic (exact) mass is 463 g/mol. The Hall–Kier alpha value is -2.42. The van der Waals surface area contributed by atoms with Gasteiger partial charge in [-0.15, -0.1) is 0 Å². The molecule has 1 unspecified atom stereocenters. The Kier molecular flexibility index (Phi) is 7.69. The minimum absolute atomic E-state index is 0.0804. The first-order valence-electron chi connectivity index (χ1n) is 10.2. The van der Waals surface area contributed by atoms with E-state index < -0.39 is 15.9 Å². The zero-order valence-corrected chi connectivity index (χ0v) is 18.9. The van der Waals surface area contributed by atoms with Gasteiger partial charge >= 0.3 is 0 Å². The largest absolute Gasteiger partial charge is 0.347 e. The molecule has 1 fully saturated rings. The molecule has 1 aliphatic heterocycles. The Labute approximate surface area is 187 Å². The zero-order chi connectivity index (χ0) is 22.4. The first-order valence-corrected chi connectivity index (χ1v) is 12.0. The number of carbonyl (C=O) groups is 2. The van der Waals surface area contributed by atoms with Crippen LogP contribution in [0.1, 0.15) is 25.3 Å². The van der Waals surface area contributed by atoms with Crippen molar-refractivity contribution in [3.05, 3.63) is 59.1 Å². The number of hydrogen-bond acceptors (Lipinski definition) is 4. The topological polar surface area (TPSA) is 95.6 Å². The van der Waals surface area contributed by atoms with Crippen molar-refractivity contribution in [2.24, 2.45) is 5.92 Å². The lowest BCUT2D eigenvalue weighted by molar-refractivity contribution is -0.128. The van der Waals surface area contributed by atoms with Gasteiger partial charge in [0.2, 0.25) is 21.8 Å². The fourth-order valence-corrected chi connectivity index (χ4v) is 5.24. The van der Waals surface area contributed by atoms with Crippen LogP contribution in [0.4, 0.5) is 5.69 Å². The summed E-state index contributed by atoms with van der Waals surface area (Å²) in [6.07, 6.45) is 1.92. The fourth-order valence-electron chi connectivity index (χ4n) is 3.59. The lowest BCUT2D eigenvalue weighted by Gasteiger charge is -2.31. The minimum Gasteiger partial charge on any atom is -0.347 e. The van der Waals surface area contributed by atoms with Crippen molar-refractivity contribution >= 4 is 39.1 Å². The third-order valence-electron chi connectivity index (χ3n) is 5.30. The number of anilines is 1. The number of amides is 2. The van der Waals surface area contributed by atoms with Crippen molar-refractivity contribution in [2.45, 2.75) is 31.1 Å². The Morgan fingerprint density at radius 2 is 1.84 bits per heavy atom. The van der Waals surface area contributed by atoms with E-state index in [1.54, 1.807) is 0 Å². The van der Waals surface area contributed by atoms with Crippen LogP contribution < -0.4 is 10.6 Å².